The minimum Gasteiger partial charge on any atom is -0.480 e. The molecule has 0 radical (unpaired) electrons. The summed E-state index contributed by atoms with van der Waals surface area (Å²) < 4.78 is 0. The number of hydrogen-bond donors (Lipinski definition) is 2. The van der Waals surface area contributed by atoms with Crippen molar-refractivity contribution in [3.63, 3.8) is 0 Å². The van der Waals surface area contributed by atoms with Crippen LogP contribution in [0.25, 0.3) is 0 Å². The average Bonchev–Trinajstić information content (AvgIpc) is 2.77. The zero-order chi connectivity index (χ0) is 20.6. The fourth-order valence-electron chi connectivity index (χ4n) is 4.30. The molecule has 1 aromatic carbocycles. The predicted octanol–water partition coefficient (Wildman–Crippen LogP) is 2.13. The minimum absolute atomic E-state index is 0.0338. The summed E-state index contributed by atoms with van der Waals surface area (Å²) in [6.45, 7) is 3.18. The highest BCUT2D eigenvalue weighted by Crippen LogP contribution is 2.23. The summed E-state index contributed by atoms with van der Waals surface area (Å²) in [5.41, 5.74) is 0.406. The van der Waals surface area contributed by atoms with Gasteiger partial charge in [0.05, 0.1) is 0 Å². The normalized spacial score (nSPS) is 19.5. The Morgan fingerprint density at radius 2 is 1.66 bits per heavy atom. The molecule has 7 nitrogen and oxygen atoms in total. The van der Waals surface area contributed by atoms with Crippen molar-refractivity contribution < 1.29 is 19.5 Å². The van der Waals surface area contributed by atoms with Gasteiger partial charge in [-0.2, -0.15) is 0 Å². The van der Waals surface area contributed by atoms with Crippen LogP contribution in [-0.2, 0) is 9.59 Å². The van der Waals surface area contributed by atoms with E-state index in [-0.39, 0.29) is 18.7 Å². The Balaban J connectivity index is 1.44. The third kappa shape index (κ3) is 6.03. The molecule has 3 rings (SSSR count). The summed E-state index contributed by atoms with van der Waals surface area (Å²) >= 11 is 0. The first-order valence-corrected chi connectivity index (χ1v) is 10.6. The molecule has 1 aliphatic carbocycles. The number of rotatable bonds is 7. The Morgan fingerprint density at radius 1 is 1.00 bits per heavy atom. The second-order valence-corrected chi connectivity index (χ2v) is 7.98. The Kier molecular flexibility index (Phi) is 7.63. The molecule has 0 spiro atoms. The van der Waals surface area contributed by atoms with Crippen molar-refractivity contribution in [2.24, 2.45) is 0 Å². The number of piperazine rings is 1. The van der Waals surface area contributed by atoms with Crippen LogP contribution in [0.2, 0.25) is 0 Å². The summed E-state index contributed by atoms with van der Waals surface area (Å²) in [6, 6.07) is 8.08. The summed E-state index contributed by atoms with van der Waals surface area (Å²) in [7, 11) is 0. The monoisotopic (exact) mass is 401 g/mol. The maximum atomic E-state index is 12.6. The summed E-state index contributed by atoms with van der Waals surface area (Å²) in [6.07, 6.45) is 6.67. The van der Waals surface area contributed by atoms with Gasteiger partial charge in [0.25, 0.3) is 5.91 Å². The van der Waals surface area contributed by atoms with Gasteiger partial charge in [-0.1, -0.05) is 37.5 Å². The van der Waals surface area contributed by atoms with Crippen molar-refractivity contribution in [1.29, 1.82) is 0 Å². The van der Waals surface area contributed by atoms with Crippen molar-refractivity contribution in [2.75, 3.05) is 26.2 Å². The number of hydrogen-bond acceptors (Lipinski definition) is 4. The van der Waals surface area contributed by atoms with E-state index in [9.17, 15) is 19.5 Å². The Hall–Kier alpha value is -2.41. The van der Waals surface area contributed by atoms with Crippen LogP contribution in [0.4, 0.5) is 0 Å². The maximum absolute atomic E-state index is 12.6. The van der Waals surface area contributed by atoms with Crippen LogP contribution in [0, 0.1) is 0 Å². The maximum Gasteiger partial charge on any atom is 0.326 e. The molecular formula is C22H31N3O4. The van der Waals surface area contributed by atoms with Gasteiger partial charge in [0.1, 0.15) is 6.04 Å². The lowest BCUT2D eigenvalue weighted by molar-refractivity contribution is -0.140. The number of nitrogens with one attached hydrogen (secondary N) is 1. The van der Waals surface area contributed by atoms with Gasteiger partial charge in [0.15, 0.2) is 0 Å². The molecule has 1 saturated carbocycles. The second-order valence-electron chi connectivity index (χ2n) is 7.98. The van der Waals surface area contributed by atoms with E-state index in [1.165, 1.54) is 32.1 Å². The first-order chi connectivity index (χ1) is 14.0. The van der Waals surface area contributed by atoms with E-state index in [1.54, 1.807) is 30.3 Å². The number of benzene rings is 1. The number of nitrogens with zero attached hydrogens (tertiary/aromatic N) is 2. The first-order valence-electron chi connectivity index (χ1n) is 10.6. The van der Waals surface area contributed by atoms with Crippen LogP contribution in [0.3, 0.4) is 0 Å². The SMILES string of the molecule is O=C(N[C@@H](CCC(=O)N1CCN(C2CCCCC2)CC1)C(=O)O)c1ccccc1. The molecule has 2 amide bonds. The Labute approximate surface area is 172 Å². The zero-order valence-electron chi connectivity index (χ0n) is 16.9. The number of carboxylic acids is 1. The number of carbonyl (C=O) groups excluding carboxylic acids is 2. The van der Waals surface area contributed by atoms with E-state index in [1.807, 2.05) is 4.90 Å². The fourth-order valence-corrected chi connectivity index (χ4v) is 4.30. The van der Waals surface area contributed by atoms with Crippen LogP contribution in [0.5, 0.6) is 0 Å². The van der Waals surface area contributed by atoms with Crippen LogP contribution < -0.4 is 5.32 Å². The lowest BCUT2D eigenvalue weighted by Crippen LogP contribution is -2.52. The standard InChI is InChI=1S/C22H31N3O4/c26-20(25-15-13-24(14-16-25)18-9-5-2-6-10-18)12-11-19(22(28)29)23-21(27)17-7-3-1-4-8-17/h1,3-4,7-8,18-19H,2,5-6,9-16H2,(H,23,27)(H,28,29)/t19-/m0/s1. The van der Waals surface area contributed by atoms with Crippen molar-refractivity contribution in [3.05, 3.63) is 35.9 Å². The fraction of sp³-hybridized carbons (Fsp3) is 0.591. The van der Waals surface area contributed by atoms with Crippen LogP contribution >= 0.6 is 0 Å². The highest BCUT2D eigenvalue weighted by Gasteiger charge is 2.28. The highest BCUT2D eigenvalue weighted by atomic mass is 16.4. The van der Waals surface area contributed by atoms with Gasteiger partial charge in [0, 0.05) is 44.2 Å². The van der Waals surface area contributed by atoms with E-state index in [2.05, 4.69) is 10.2 Å². The van der Waals surface area contributed by atoms with Crippen LogP contribution in [0.1, 0.15) is 55.3 Å². The Bertz CT molecular complexity index is 695. The predicted molar refractivity (Wildman–Crippen MR) is 110 cm³/mol. The van der Waals surface area contributed by atoms with Crippen LogP contribution in [0.15, 0.2) is 30.3 Å². The van der Waals surface area contributed by atoms with Gasteiger partial charge >= 0.3 is 5.97 Å². The number of amides is 2. The van der Waals surface area contributed by atoms with Gasteiger partial charge in [-0.3, -0.25) is 14.5 Å². The summed E-state index contributed by atoms with van der Waals surface area (Å²) in [5.74, 6) is -1.59. The average molecular weight is 402 g/mol. The van der Waals surface area contributed by atoms with Crippen molar-refractivity contribution in [3.8, 4) is 0 Å². The van der Waals surface area contributed by atoms with Crippen LogP contribution in [-0.4, -0.2) is 71.0 Å². The largest absolute Gasteiger partial charge is 0.480 e. The zero-order valence-corrected chi connectivity index (χ0v) is 16.9. The number of carbonyl (C=O) groups is 3. The molecule has 1 aromatic rings. The third-order valence-electron chi connectivity index (χ3n) is 6.04. The second kappa shape index (κ2) is 10.4. The van der Waals surface area contributed by atoms with Crippen molar-refractivity contribution >= 4 is 17.8 Å². The van der Waals surface area contributed by atoms with E-state index in [0.29, 0.717) is 24.7 Å². The molecule has 158 valence electrons. The Morgan fingerprint density at radius 3 is 2.28 bits per heavy atom. The molecule has 2 aliphatic rings. The summed E-state index contributed by atoms with van der Waals surface area (Å²) in [4.78, 5) is 40.6. The van der Waals surface area contributed by atoms with Gasteiger partial charge in [0.2, 0.25) is 5.91 Å². The molecule has 1 aliphatic heterocycles. The molecule has 2 fully saturated rings. The lowest BCUT2D eigenvalue weighted by Gasteiger charge is -2.40. The molecule has 1 heterocycles. The van der Waals surface area contributed by atoms with Crippen molar-refractivity contribution in [2.45, 2.75) is 57.0 Å². The molecule has 1 atom stereocenters. The molecule has 29 heavy (non-hydrogen) atoms. The quantitative estimate of drug-likeness (QED) is 0.731. The van der Waals surface area contributed by atoms with Gasteiger partial charge in [-0.05, 0) is 31.4 Å². The van der Waals surface area contributed by atoms with Gasteiger partial charge in [-0.15, -0.1) is 0 Å². The molecule has 7 heteroatoms. The molecular weight excluding hydrogens is 370 g/mol. The first kappa shape index (κ1) is 21.3. The molecule has 2 N–H and O–H groups in total. The smallest absolute Gasteiger partial charge is 0.326 e. The topological polar surface area (TPSA) is 90.0 Å². The highest BCUT2D eigenvalue weighted by molar-refractivity contribution is 5.96. The molecule has 0 unspecified atom stereocenters. The van der Waals surface area contributed by atoms with E-state index in [0.717, 1.165) is 13.1 Å². The van der Waals surface area contributed by atoms with Gasteiger partial charge in [-0.25, -0.2) is 4.79 Å². The third-order valence-corrected chi connectivity index (χ3v) is 6.04. The lowest BCUT2D eigenvalue weighted by atomic mass is 9.94. The summed E-state index contributed by atoms with van der Waals surface area (Å²) in [5, 5.41) is 11.9. The van der Waals surface area contributed by atoms with Crippen molar-refractivity contribution in [1.82, 2.24) is 15.1 Å². The molecule has 0 aromatic heterocycles. The van der Waals surface area contributed by atoms with E-state index in [4.69, 9.17) is 0 Å². The molecule has 1 saturated heterocycles. The minimum atomic E-state index is -1.12. The number of aliphatic carboxylic acids is 1. The van der Waals surface area contributed by atoms with E-state index < -0.39 is 17.9 Å². The van der Waals surface area contributed by atoms with E-state index >= 15 is 0 Å². The molecule has 0 bridgehead atoms. The van der Waals surface area contributed by atoms with Gasteiger partial charge < -0.3 is 15.3 Å². The number of carboxylic acid groups (broad SMARTS) is 1.